The van der Waals surface area contributed by atoms with Crippen LogP contribution in [-0.4, -0.2) is 35.9 Å². The van der Waals surface area contributed by atoms with Crippen molar-refractivity contribution in [2.75, 3.05) is 20.4 Å². The summed E-state index contributed by atoms with van der Waals surface area (Å²) >= 11 is 0. The molecule has 0 unspecified atom stereocenters. The zero-order valence-corrected chi connectivity index (χ0v) is 16.1. The summed E-state index contributed by atoms with van der Waals surface area (Å²) in [6, 6.07) is 5.93. The molecule has 2 N–H and O–H groups in total. The maximum absolute atomic E-state index is 5.39. The van der Waals surface area contributed by atoms with Crippen molar-refractivity contribution in [3.05, 3.63) is 42.0 Å². The Labute approximate surface area is 158 Å². The van der Waals surface area contributed by atoms with E-state index in [4.69, 9.17) is 9.47 Å². The first-order valence-electron chi connectivity index (χ1n) is 7.57. The van der Waals surface area contributed by atoms with Crippen LogP contribution in [0, 0.1) is 6.92 Å². The Hall–Kier alpha value is -1.97. The lowest BCUT2D eigenvalue weighted by Crippen LogP contribution is -2.38. The summed E-state index contributed by atoms with van der Waals surface area (Å²) in [5.41, 5.74) is 1.11. The Morgan fingerprint density at radius 2 is 2.12 bits per heavy atom. The maximum atomic E-state index is 5.39. The molecule has 3 rings (SSSR count). The normalized spacial score (nSPS) is 12.7. The molecule has 1 aromatic carbocycles. The smallest absolute Gasteiger partial charge is 0.231 e. The van der Waals surface area contributed by atoms with E-state index >= 15 is 0 Å². The summed E-state index contributed by atoms with van der Waals surface area (Å²) in [5.74, 6) is 3.37. The summed E-state index contributed by atoms with van der Waals surface area (Å²) in [4.78, 5) is 8.44. The van der Waals surface area contributed by atoms with Crippen molar-refractivity contribution < 1.29 is 9.47 Å². The number of nitrogens with zero attached hydrogens (tertiary/aromatic N) is 3. The van der Waals surface area contributed by atoms with Crippen molar-refractivity contribution in [3.63, 3.8) is 0 Å². The first kappa shape index (κ1) is 18.4. The van der Waals surface area contributed by atoms with Gasteiger partial charge < -0.3 is 24.7 Å². The van der Waals surface area contributed by atoms with E-state index in [1.807, 2.05) is 37.5 Å². The van der Waals surface area contributed by atoms with E-state index in [2.05, 4.69) is 25.2 Å². The summed E-state index contributed by atoms with van der Waals surface area (Å²) in [6.07, 6.45) is 3.78. The van der Waals surface area contributed by atoms with Gasteiger partial charge in [-0.3, -0.25) is 4.99 Å². The fraction of sp³-hybridized carbons (Fsp3) is 0.375. The van der Waals surface area contributed by atoms with E-state index in [-0.39, 0.29) is 24.0 Å². The molecular weight excluding hydrogens is 421 g/mol. The van der Waals surface area contributed by atoms with Gasteiger partial charge in [-0.15, -0.1) is 24.0 Å². The second-order valence-corrected chi connectivity index (χ2v) is 5.21. The molecule has 2 heterocycles. The number of guanidine groups is 1. The number of ether oxygens (including phenoxy) is 2. The van der Waals surface area contributed by atoms with Crippen LogP contribution in [0.25, 0.3) is 0 Å². The monoisotopic (exact) mass is 443 g/mol. The first-order chi connectivity index (χ1) is 11.3. The van der Waals surface area contributed by atoms with Gasteiger partial charge in [0.2, 0.25) is 6.79 Å². The number of fused-ring (bicyclic) bond motifs is 1. The van der Waals surface area contributed by atoms with Crippen molar-refractivity contribution in [2.24, 2.45) is 4.99 Å². The van der Waals surface area contributed by atoms with E-state index in [1.54, 1.807) is 7.05 Å². The fourth-order valence-electron chi connectivity index (χ4n) is 2.39. The van der Waals surface area contributed by atoms with Gasteiger partial charge in [0.05, 0.1) is 0 Å². The molecule has 24 heavy (non-hydrogen) atoms. The Bertz CT molecular complexity index is 702. The van der Waals surface area contributed by atoms with Crippen molar-refractivity contribution in [1.29, 1.82) is 0 Å². The summed E-state index contributed by atoms with van der Waals surface area (Å²) < 4.78 is 12.8. The molecule has 1 aliphatic heterocycles. The Morgan fingerprint density at radius 3 is 2.88 bits per heavy atom. The van der Waals surface area contributed by atoms with Crippen molar-refractivity contribution in [2.45, 2.75) is 20.0 Å². The average Bonchev–Trinajstić information content (AvgIpc) is 3.19. The molecular formula is C16H22IN5O2. The van der Waals surface area contributed by atoms with Crippen molar-refractivity contribution in [3.8, 4) is 11.5 Å². The highest BCUT2D eigenvalue weighted by Crippen LogP contribution is 2.32. The highest BCUT2D eigenvalue weighted by Gasteiger charge is 2.13. The summed E-state index contributed by atoms with van der Waals surface area (Å²) in [5, 5.41) is 6.58. The Balaban J connectivity index is 0.00000208. The molecule has 1 aliphatic rings. The number of aromatic nitrogens is 2. The Morgan fingerprint density at radius 1 is 1.29 bits per heavy atom. The van der Waals surface area contributed by atoms with Crippen LogP contribution in [0.3, 0.4) is 0 Å². The molecule has 0 spiro atoms. The maximum Gasteiger partial charge on any atom is 0.231 e. The molecule has 0 saturated heterocycles. The molecule has 0 atom stereocenters. The number of rotatable bonds is 5. The van der Waals surface area contributed by atoms with Gasteiger partial charge in [0.25, 0.3) is 0 Å². The largest absolute Gasteiger partial charge is 0.454 e. The predicted octanol–water partition coefficient (Wildman–Crippen LogP) is 1.90. The van der Waals surface area contributed by atoms with Crippen molar-refractivity contribution >= 4 is 29.9 Å². The molecule has 0 saturated carbocycles. The molecule has 130 valence electrons. The zero-order chi connectivity index (χ0) is 16.1. The second kappa shape index (κ2) is 8.76. The highest BCUT2D eigenvalue weighted by atomic mass is 127. The van der Waals surface area contributed by atoms with Crippen LogP contribution in [0.4, 0.5) is 0 Å². The number of halogens is 1. The second-order valence-electron chi connectivity index (χ2n) is 5.21. The van der Waals surface area contributed by atoms with Gasteiger partial charge in [0.15, 0.2) is 17.5 Å². The van der Waals surface area contributed by atoms with Gasteiger partial charge in [-0.25, -0.2) is 4.98 Å². The van der Waals surface area contributed by atoms with E-state index in [0.717, 1.165) is 41.9 Å². The lowest BCUT2D eigenvalue weighted by Gasteiger charge is -2.13. The quantitative estimate of drug-likeness (QED) is 0.420. The minimum atomic E-state index is 0. The molecule has 0 radical (unpaired) electrons. The van der Waals surface area contributed by atoms with Gasteiger partial charge in [0, 0.05) is 39.1 Å². The van der Waals surface area contributed by atoms with Crippen LogP contribution in [0.2, 0.25) is 0 Å². The molecule has 0 aliphatic carbocycles. The van der Waals surface area contributed by atoms with Gasteiger partial charge in [-0.05, 0) is 24.6 Å². The van der Waals surface area contributed by atoms with Gasteiger partial charge >= 0.3 is 0 Å². The SMILES string of the molecule is CN=C(NCCn1ccnc1C)NCc1ccc2c(c1)OCO2.I. The predicted molar refractivity (Wildman–Crippen MR) is 103 cm³/mol. The third-order valence-corrected chi connectivity index (χ3v) is 3.69. The third kappa shape index (κ3) is 4.53. The van der Waals surface area contributed by atoms with E-state index in [1.165, 1.54) is 0 Å². The molecule has 8 heteroatoms. The molecule has 0 fully saturated rings. The van der Waals surface area contributed by atoms with E-state index in [0.29, 0.717) is 13.3 Å². The van der Waals surface area contributed by atoms with E-state index in [9.17, 15) is 0 Å². The third-order valence-electron chi connectivity index (χ3n) is 3.69. The number of nitrogens with one attached hydrogen (secondary N) is 2. The molecule has 7 nitrogen and oxygen atoms in total. The van der Waals surface area contributed by atoms with Gasteiger partial charge in [-0.2, -0.15) is 0 Å². The lowest BCUT2D eigenvalue weighted by atomic mass is 10.2. The fourth-order valence-corrected chi connectivity index (χ4v) is 2.39. The van der Waals surface area contributed by atoms with Gasteiger partial charge in [0.1, 0.15) is 5.82 Å². The number of aryl methyl sites for hydroxylation is 1. The molecule has 0 amide bonds. The van der Waals surface area contributed by atoms with Crippen LogP contribution in [0.1, 0.15) is 11.4 Å². The minimum Gasteiger partial charge on any atom is -0.454 e. The molecule has 2 aromatic rings. The van der Waals surface area contributed by atoms with Crippen LogP contribution in [0.15, 0.2) is 35.6 Å². The Kier molecular flexibility index (Phi) is 6.71. The van der Waals surface area contributed by atoms with Crippen molar-refractivity contribution in [1.82, 2.24) is 20.2 Å². The number of benzene rings is 1. The number of hydrogen-bond donors (Lipinski definition) is 2. The first-order valence-corrected chi connectivity index (χ1v) is 7.57. The van der Waals surface area contributed by atoms with Gasteiger partial charge in [-0.1, -0.05) is 6.07 Å². The van der Waals surface area contributed by atoms with E-state index < -0.39 is 0 Å². The standard InChI is InChI=1S/C16H21N5O2.HI/c1-12-18-5-7-21(12)8-6-19-16(17-2)20-10-13-3-4-14-15(9-13)23-11-22-14;/h3-5,7,9H,6,8,10-11H2,1-2H3,(H2,17,19,20);1H. The number of imidazole rings is 1. The highest BCUT2D eigenvalue weighted by molar-refractivity contribution is 14.0. The number of hydrogen-bond acceptors (Lipinski definition) is 4. The average molecular weight is 443 g/mol. The molecule has 0 bridgehead atoms. The van der Waals surface area contributed by atoms with Crippen LogP contribution < -0.4 is 20.1 Å². The topological polar surface area (TPSA) is 72.7 Å². The zero-order valence-electron chi connectivity index (χ0n) is 13.8. The number of aliphatic imine (C=N–C) groups is 1. The summed E-state index contributed by atoms with van der Waals surface area (Å²) in [7, 11) is 1.76. The lowest BCUT2D eigenvalue weighted by molar-refractivity contribution is 0.174. The van der Waals surface area contributed by atoms with Crippen LogP contribution in [0.5, 0.6) is 11.5 Å². The van der Waals surface area contributed by atoms with Crippen LogP contribution in [-0.2, 0) is 13.1 Å². The van der Waals surface area contributed by atoms with Crippen LogP contribution >= 0.6 is 24.0 Å². The summed E-state index contributed by atoms with van der Waals surface area (Å²) in [6.45, 7) is 4.57. The minimum absolute atomic E-state index is 0. The molecule has 1 aromatic heterocycles.